The number of para-hydroxylation sites is 1. The van der Waals surface area contributed by atoms with Gasteiger partial charge in [-0.25, -0.2) is 4.39 Å². The molecule has 0 radical (unpaired) electrons. The monoisotopic (exact) mass is 224 g/mol. The first-order valence-electron chi connectivity index (χ1n) is 5.88. The minimum absolute atomic E-state index is 0.181. The van der Waals surface area contributed by atoms with Gasteiger partial charge in [-0.1, -0.05) is 31.9 Å². The molecule has 0 aliphatic heterocycles. The summed E-state index contributed by atoms with van der Waals surface area (Å²) in [6.45, 7) is 2.71. The molecule has 1 unspecified atom stereocenters. The molecular formula is C13H21FN2. The number of nitrogens with zero attached hydrogens (tertiary/aromatic N) is 1. The first-order valence-corrected chi connectivity index (χ1v) is 5.88. The van der Waals surface area contributed by atoms with Crippen molar-refractivity contribution in [2.75, 3.05) is 18.5 Å². The summed E-state index contributed by atoms with van der Waals surface area (Å²) in [6, 6.07) is 7.05. The Kier molecular flexibility index (Phi) is 5.26. The summed E-state index contributed by atoms with van der Waals surface area (Å²) in [5, 5.41) is 0. The molecule has 0 heterocycles. The maximum atomic E-state index is 13.6. The second kappa shape index (κ2) is 6.48. The lowest BCUT2D eigenvalue weighted by Crippen LogP contribution is -2.38. The molecule has 1 atom stereocenters. The SMILES string of the molecule is CCCCC(CN)N(C)c1ccccc1F. The third kappa shape index (κ3) is 3.20. The highest BCUT2D eigenvalue weighted by Gasteiger charge is 2.15. The maximum Gasteiger partial charge on any atom is 0.146 e. The van der Waals surface area contributed by atoms with Crippen molar-refractivity contribution in [3.05, 3.63) is 30.1 Å². The molecule has 3 heteroatoms. The smallest absolute Gasteiger partial charge is 0.146 e. The van der Waals surface area contributed by atoms with Crippen molar-refractivity contribution in [1.29, 1.82) is 0 Å². The van der Waals surface area contributed by atoms with Gasteiger partial charge in [0.15, 0.2) is 0 Å². The summed E-state index contributed by atoms with van der Waals surface area (Å²) in [7, 11) is 1.91. The molecule has 16 heavy (non-hydrogen) atoms. The molecule has 2 N–H and O–H groups in total. The Morgan fingerprint density at radius 3 is 2.62 bits per heavy atom. The molecular weight excluding hydrogens is 203 g/mol. The maximum absolute atomic E-state index is 13.6. The third-order valence-electron chi connectivity index (χ3n) is 2.94. The van der Waals surface area contributed by atoms with E-state index in [-0.39, 0.29) is 11.9 Å². The number of hydrogen-bond acceptors (Lipinski definition) is 2. The van der Waals surface area contributed by atoms with Gasteiger partial charge in [0.25, 0.3) is 0 Å². The molecule has 0 fully saturated rings. The quantitative estimate of drug-likeness (QED) is 0.805. The molecule has 0 aliphatic rings. The Labute approximate surface area is 97.3 Å². The van der Waals surface area contributed by atoms with Crippen LogP contribution in [0.1, 0.15) is 26.2 Å². The molecule has 0 amide bonds. The summed E-state index contributed by atoms with van der Waals surface area (Å²) in [5.74, 6) is -0.181. The van der Waals surface area contributed by atoms with Crippen LogP contribution in [-0.2, 0) is 0 Å². The first kappa shape index (κ1) is 13.0. The number of unbranched alkanes of at least 4 members (excludes halogenated alkanes) is 1. The summed E-state index contributed by atoms with van der Waals surface area (Å²) in [6.07, 6.45) is 3.28. The second-order valence-electron chi connectivity index (χ2n) is 4.09. The van der Waals surface area contributed by atoms with Gasteiger partial charge in [0, 0.05) is 19.6 Å². The van der Waals surface area contributed by atoms with Gasteiger partial charge in [-0.2, -0.15) is 0 Å². The van der Waals surface area contributed by atoms with Gasteiger partial charge in [0.05, 0.1) is 5.69 Å². The minimum atomic E-state index is -0.181. The first-order chi connectivity index (χ1) is 7.70. The molecule has 0 spiro atoms. The summed E-state index contributed by atoms with van der Waals surface area (Å²) < 4.78 is 13.6. The molecule has 0 aromatic heterocycles. The highest BCUT2D eigenvalue weighted by Crippen LogP contribution is 2.20. The van der Waals surface area contributed by atoms with Gasteiger partial charge < -0.3 is 10.6 Å². The fraction of sp³-hybridized carbons (Fsp3) is 0.538. The van der Waals surface area contributed by atoms with Gasteiger partial charge >= 0.3 is 0 Å². The molecule has 1 rings (SSSR count). The second-order valence-corrected chi connectivity index (χ2v) is 4.09. The lowest BCUT2D eigenvalue weighted by Gasteiger charge is -2.29. The van der Waals surface area contributed by atoms with Crippen LogP contribution in [0.3, 0.4) is 0 Å². The van der Waals surface area contributed by atoms with E-state index in [1.807, 2.05) is 18.0 Å². The van der Waals surface area contributed by atoms with Crippen molar-refractivity contribution in [2.24, 2.45) is 5.73 Å². The Morgan fingerprint density at radius 1 is 1.38 bits per heavy atom. The van der Waals surface area contributed by atoms with Gasteiger partial charge in [-0.3, -0.25) is 0 Å². The van der Waals surface area contributed by atoms with Gasteiger partial charge in [0.1, 0.15) is 5.82 Å². The van der Waals surface area contributed by atoms with Crippen LogP contribution in [0.15, 0.2) is 24.3 Å². The molecule has 1 aromatic rings. The van der Waals surface area contributed by atoms with Crippen molar-refractivity contribution in [3.63, 3.8) is 0 Å². The number of halogens is 1. The Balaban J connectivity index is 2.74. The van der Waals surface area contributed by atoms with E-state index in [2.05, 4.69) is 6.92 Å². The predicted molar refractivity (Wildman–Crippen MR) is 67.2 cm³/mol. The van der Waals surface area contributed by atoms with E-state index in [0.717, 1.165) is 19.3 Å². The lowest BCUT2D eigenvalue weighted by molar-refractivity contribution is 0.544. The number of hydrogen-bond donors (Lipinski definition) is 1. The van der Waals surface area contributed by atoms with E-state index in [0.29, 0.717) is 12.2 Å². The standard InChI is InChI=1S/C13H21FN2/c1-3-4-7-11(10-15)16(2)13-9-6-5-8-12(13)14/h5-6,8-9,11H,3-4,7,10,15H2,1-2H3. The van der Waals surface area contributed by atoms with Crippen molar-refractivity contribution < 1.29 is 4.39 Å². The number of nitrogens with two attached hydrogens (primary N) is 1. The fourth-order valence-corrected chi connectivity index (χ4v) is 1.84. The highest BCUT2D eigenvalue weighted by molar-refractivity contribution is 5.47. The van der Waals surface area contributed by atoms with Crippen LogP contribution in [0.2, 0.25) is 0 Å². The topological polar surface area (TPSA) is 29.3 Å². The zero-order valence-electron chi connectivity index (χ0n) is 10.1. The number of benzene rings is 1. The predicted octanol–water partition coefficient (Wildman–Crippen LogP) is 2.78. The van der Waals surface area contributed by atoms with Crippen LogP contribution in [0, 0.1) is 5.82 Å². The van der Waals surface area contributed by atoms with E-state index in [9.17, 15) is 4.39 Å². The van der Waals surface area contributed by atoms with Crippen LogP contribution in [-0.4, -0.2) is 19.6 Å². The van der Waals surface area contributed by atoms with E-state index >= 15 is 0 Å². The molecule has 0 bridgehead atoms. The zero-order chi connectivity index (χ0) is 12.0. The van der Waals surface area contributed by atoms with E-state index in [1.165, 1.54) is 6.07 Å². The largest absolute Gasteiger partial charge is 0.368 e. The average molecular weight is 224 g/mol. The zero-order valence-corrected chi connectivity index (χ0v) is 10.1. The van der Waals surface area contributed by atoms with Gasteiger partial charge in [-0.15, -0.1) is 0 Å². The van der Waals surface area contributed by atoms with Crippen LogP contribution in [0.25, 0.3) is 0 Å². The Morgan fingerprint density at radius 2 is 2.06 bits per heavy atom. The Hall–Kier alpha value is -1.09. The molecule has 1 aromatic carbocycles. The summed E-state index contributed by atoms with van der Waals surface area (Å²) in [5.41, 5.74) is 6.37. The fourth-order valence-electron chi connectivity index (χ4n) is 1.84. The third-order valence-corrected chi connectivity index (χ3v) is 2.94. The van der Waals surface area contributed by atoms with Crippen molar-refractivity contribution in [1.82, 2.24) is 0 Å². The van der Waals surface area contributed by atoms with Crippen LogP contribution >= 0.6 is 0 Å². The highest BCUT2D eigenvalue weighted by atomic mass is 19.1. The normalized spacial score (nSPS) is 12.5. The molecule has 0 saturated heterocycles. The summed E-state index contributed by atoms with van der Waals surface area (Å²) >= 11 is 0. The number of anilines is 1. The minimum Gasteiger partial charge on any atom is -0.368 e. The molecule has 2 nitrogen and oxygen atoms in total. The molecule has 0 saturated carbocycles. The van der Waals surface area contributed by atoms with Gasteiger partial charge in [-0.05, 0) is 18.6 Å². The van der Waals surface area contributed by atoms with Crippen LogP contribution in [0.5, 0.6) is 0 Å². The van der Waals surface area contributed by atoms with Crippen molar-refractivity contribution in [3.8, 4) is 0 Å². The number of rotatable bonds is 6. The van der Waals surface area contributed by atoms with E-state index in [4.69, 9.17) is 5.73 Å². The van der Waals surface area contributed by atoms with Crippen molar-refractivity contribution >= 4 is 5.69 Å². The van der Waals surface area contributed by atoms with Gasteiger partial charge in [0.2, 0.25) is 0 Å². The lowest BCUT2D eigenvalue weighted by atomic mass is 10.1. The molecule has 0 aliphatic carbocycles. The Bertz CT molecular complexity index is 315. The average Bonchev–Trinajstić information content (AvgIpc) is 2.30. The van der Waals surface area contributed by atoms with Crippen LogP contribution in [0.4, 0.5) is 10.1 Å². The molecule has 90 valence electrons. The van der Waals surface area contributed by atoms with Crippen LogP contribution < -0.4 is 10.6 Å². The van der Waals surface area contributed by atoms with Crippen molar-refractivity contribution in [2.45, 2.75) is 32.2 Å². The summed E-state index contributed by atoms with van der Waals surface area (Å²) in [4.78, 5) is 1.95. The van der Waals surface area contributed by atoms with E-state index < -0.39 is 0 Å². The van der Waals surface area contributed by atoms with E-state index in [1.54, 1.807) is 12.1 Å². The number of likely N-dealkylation sites (N-methyl/N-ethyl adjacent to an activating group) is 1.